The highest BCUT2D eigenvalue weighted by Crippen LogP contribution is 2.31. The average molecular weight is 343 g/mol. The summed E-state index contributed by atoms with van der Waals surface area (Å²) in [5.41, 5.74) is -0.188. The predicted octanol–water partition coefficient (Wildman–Crippen LogP) is 1.04. The summed E-state index contributed by atoms with van der Waals surface area (Å²) in [5, 5.41) is 13.8. The molecule has 0 unspecified atom stereocenters. The molecule has 1 aliphatic rings. The van der Waals surface area contributed by atoms with E-state index in [4.69, 9.17) is 0 Å². The van der Waals surface area contributed by atoms with Gasteiger partial charge in [-0.1, -0.05) is 0 Å². The second kappa shape index (κ2) is 6.54. The molecule has 0 spiro atoms. The van der Waals surface area contributed by atoms with Crippen LogP contribution in [0.1, 0.15) is 24.2 Å². The Morgan fingerprint density at radius 1 is 1.32 bits per heavy atom. The number of piperidine rings is 1. The number of carboxylic acids is 1. The number of hydrogen-bond acceptors (Lipinski definition) is 4. The Balaban J connectivity index is 1.70. The van der Waals surface area contributed by atoms with Crippen molar-refractivity contribution in [3.8, 4) is 0 Å². The number of hydrogen-bond donors (Lipinski definition) is 1. The van der Waals surface area contributed by atoms with Crippen LogP contribution in [0.3, 0.4) is 0 Å². The lowest BCUT2D eigenvalue weighted by atomic mass is 9.87. The van der Waals surface area contributed by atoms with Crippen LogP contribution in [-0.4, -0.2) is 54.3 Å². The first-order valence-corrected chi connectivity index (χ1v) is 8.12. The summed E-state index contributed by atoms with van der Waals surface area (Å²) in [6.45, 7) is 2.57. The van der Waals surface area contributed by atoms with Gasteiger partial charge in [-0.05, 0) is 25.8 Å². The van der Waals surface area contributed by atoms with E-state index in [9.17, 15) is 14.7 Å². The zero-order valence-corrected chi connectivity index (χ0v) is 14.3. The number of amides is 1. The lowest BCUT2D eigenvalue weighted by Crippen LogP contribution is -2.52. The van der Waals surface area contributed by atoms with Gasteiger partial charge < -0.3 is 14.6 Å². The van der Waals surface area contributed by atoms with Crippen LogP contribution in [0.2, 0.25) is 0 Å². The van der Waals surface area contributed by atoms with Crippen molar-refractivity contribution in [2.75, 3.05) is 13.1 Å². The second-order valence-electron chi connectivity index (χ2n) is 6.29. The summed E-state index contributed by atoms with van der Waals surface area (Å²) in [4.78, 5) is 30.1. The number of carboxylic acid groups (broad SMARTS) is 1. The fraction of sp³-hybridized carbons (Fsp3) is 0.412. The van der Waals surface area contributed by atoms with Gasteiger partial charge in [0.2, 0.25) is 5.91 Å². The number of carbonyl (C=O) groups excluding carboxylic acids is 1. The number of imidazole rings is 1. The summed E-state index contributed by atoms with van der Waals surface area (Å²) in [6, 6.07) is 0. The first-order chi connectivity index (χ1) is 11.9. The van der Waals surface area contributed by atoms with Crippen molar-refractivity contribution in [2.45, 2.75) is 25.3 Å². The Hall–Kier alpha value is -2.90. The zero-order valence-electron chi connectivity index (χ0n) is 14.3. The number of carbonyl (C=O) groups is 2. The van der Waals surface area contributed by atoms with E-state index in [2.05, 4.69) is 10.1 Å². The zero-order chi connectivity index (χ0) is 18.0. The molecule has 0 atom stereocenters. The van der Waals surface area contributed by atoms with Crippen LogP contribution in [-0.2, 0) is 22.2 Å². The molecule has 0 radical (unpaired) electrons. The molecule has 1 amide bonds. The molecule has 0 aromatic carbocycles. The molecule has 1 aliphatic heterocycles. The van der Waals surface area contributed by atoms with Gasteiger partial charge in [0, 0.05) is 50.4 Å². The number of aliphatic carboxylic acids is 1. The standard InChI is InChI=1S/C17H21N5O3/c1-13-18-7-10-22(13)17(16(24)25)5-8-21(9-6-17)15(23)4-3-14-11-19-20(2)12-14/h3-4,7,10-12H,5-6,8-9H2,1-2H3,(H,24,25)/b4-3+. The number of aryl methyl sites for hydroxylation is 2. The third-order valence-electron chi connectivity index (χ3n) is 4.73. The highest BCUT2D eigenvalue weighted by molar-refractivity contribution is 5.92. The topological polar surface area (TPSA) is 93.2 Å². The summed E-state index contributed by atoms with van der Waals surface area (Å²) < 4.78 is 3.38. The summed E-state index contributed by atoms with van der Waals surface area (Å²) in [5.74, 6) is -0.338. The minimum atomic E-state index is -1.04. The van der Waals surface area contributed by atoms with Gasteiger partial charge in [-0.25, -0.2) is 9.78 Å². The largest absolute Gasteiger partial charge is 0.479 e. The maximum atomic E-state index is 12.4. The van der Waals surface area contributed by atoms with Gasteiger partial charge >= 0.3 is 5.97 Å². The normalized spacial score (nSPS) is 17.1. The molecule has 8 nitrogen and oxygen atoms in total. The highest BCUT2D eigenvalue weighted by atomic mass is 16.4. The smallest absolute Gasteiger partial charge is 0.330 e. The van der Waals surface area contributed by atoms with E-state index in [1.165, 1.54) is 6.08 Å². The molecule has 3 rings (SSSR count). The van der Waals surface area contributed by atoms with Gasteiger partial charge in [-0.2, -0.15) is 5.10 Å². The van der Waals surface area contributed by atoms with E-state index >= 15 is 0 Å². The van der Waals surface area contributed by atoms with Crippen LogP contribution in [0, 0.1) is 6.92 Å². The molecule has 132 valence electrons. The third-order valence-corrected chi connectivity index (χ3v) is 4.73. The van der Waals surface area contributed by atoms with Gasteiger partial charge in [0.15, 0.2) is 0 Å². The van der Waals surface area contributed by atoms with Gasteiger partial charge in [-0.15, -0.1) is 0 Å². The fourth-order valence-corrected chi connectivity index (χ4v) is 3.28. The van der Waals surface area contributed by atoms with Gasteiger partial charge in [-0.3, -0.25) is 9.48 Å². The Kier molecular flexibility index (Phi) is 4.43. The quantitative estimate of drug-likeness (QED) is 0.837. The molecule has 8 heteroatoms. The monoisotopic (exact) mass is 343 g/mol. The molecular weight excluding hydrogens is 322 g/mol. The number of nitrogens with zero attached hydrogens (tertiary/aromatic N) is 5. The van der Waals surface area contributed by atoms with Crippen molar-refractivity contribution >= 4 is 18.0 Å². The molecule has 3 heterocycles. The van der Waals surface area contributed by atoms with E-state index in [0.717, 1.165) is 5.56 Å². The molecule has 1 N–H and O–H groups in total. The molecule has 1 fully saturated rings. The highest BCUT2D eigenvalue weighted by Gasteiger charge is 2.44. The maximum Gasteiger partial charge on any atom is 0.330 e. The van der Waals surface area contributed by atoms with Crippen molar-refractivity contribution in [1.82, 2.24) is 24.2 Å². The molecule has 2 aromatic rings. The average Bonchev–Trinajstić information content (AvgIpc) is 3.21. The maximum absolute atomic E-state index is 12.4. The molecule has 1 saturated heterocycles. The van der Waals surface area contributed by atoms with E-state index < -0.39 is 11.5 Å². The Morgan fingerprint density at radius 3 is 2.56 bits per heavy atom. The van der Waals surface area contributed by atoms with Gasteiger partial charge in [0.05, 0.1) is 6.20 Å². The van der Waals surface area contributed by atoms with E-state index in [0.29, 0.717) is 31.8 Å². The van der Waals surface area contributed by atoms with Gasteiger partial charge in [0.1, 0.15) is 11.4 Å². The number of aromatic nitrogens is 4. The van der Waals surface area contributed by atoms with Crippen LogP contribution in [0.15, 0.2) is 30.9 Å². The molecule has 0 aliphatic carbocycles. The summed E-state index contributed by atoms with van der Waals surface area (Å²) in [7, 11) is 1.81. The minimum absolute atomic E-state index is 0.120. The van der Waals surface area contributed by atoms with E-state index in [1.807, 2.05) is 13.2 Å². The first kappa shape index (κ1) is 16.9. The van der Waals surface area contributed by atoms with Crippen LogP contribution >= 0.6 is 0 Å². The first-order valence-electron chi connectivity index (χ1n) is 8.12. The number of likely N-dealkylation sites (tertiary alicyclic amines) is 1. The lowest BCUT2D eigenvalue weighted by molar-refractivity contribution is -0.152. The predicted molar refractivity (Wildman–Crippen MR) is 90.6 cm³/mol. The SMILES string of the molecule is Cc1nccn1C1(C(=O)O)CCN(C(=O)/C=C/c2cnn(C)c2)CC1. The van der Waals surface area contributed by atoms with Crippen LogP contribution in [0.25, 0.3) is 6.08 Å². The van der Waals surface area contributed by atoms with Crippen molar-refractivity contribution in [3.63, 3.8) is 0 Å². The van der Waals surface area contributed by atoms with Gasteiger partial charge in [0.25, 0.3) is 0 Å². The number of rotatable bonds is 4. The Bertz CT molecular complexity index is 812. The molecule has 0 saturated carbocycles. The second-order valence-corrected chi connectivity index (χ2v) is 6.29. The summed E-state index contributed by atoms with van der Waals surface area (Å²) >= 11 is 0. The van der Waals surface area contributed by atoms with E-state index in [1.54, 1.807) is 45.7 Å². The molecule has 25 heavy (non-hydrogen) atoms. The lowest BCUT2D eigenvalue weighted by Gasteiger charge is -2.39. The van der Waals surface area contributed by atoms with Crippen LogP contribution in [0.5, 0.6) is 0 Å². The van der Waals surface area contributed by atoms with Crippen LogP contribution < -0.4 is 0 Å². The fourth-order valence-electron chi connectivity index (χ4n) is 3.28. The molecule has 0 bridgehead atoms. The van der Waals surface area contributed by atoms with Crippen molar-refractivity contribution in [3.05, 3.63) is 42.3 Å². The minimum Gasteiger partial charge on any atom is -0.479 e. The Labute approximate surface area is 145 Å². The summed E-state index contributed by atoms with van der Waals surface area (Å²) in [6.07, 6.45) is 10.7. The van der Waals surface area contributed by atoms with E-state index in [-0.39, 0.29) is 5.91 Å². The Morgan fingerprint density at radius 2 is 2.04 bits per heavy atom. The molecule has 2 aromatic heterocycles. The molecular formula is C17H21N5O3. The van der Waals surface area contributed by atoms with Crippen molar-refractivity contribution < 1.29 is 14.7 Å². The third kappa shape index (κ3) is 3.19. The van der Waals surface area contributed by atoms with Crippen molar-refractivity contribution in [2.24, 2.45) is 7.05 Å². The van der Waals surface area contributed by atoms with Crippen LogP contribution in [0.4, 0.5) is 0 Å². The van der Waals surface area contributed by atoms with Crippen molar-refractivity contribution in [1.29, 1.82) is 0 Å².